The molecule has 7 nitrogen and oxygen atoms in total. The van der Waals surface area contributed by atoms with Crippen LogP contribution in [0.4, 0.5) is 4.39 Å². The molecule has 2 aromatic heterocycles. The van der Waals surface area contributed by atoms with Crippen molar-refractivity contribution in [3.63, 3.8) is 0 Å². The number of hydrogen-bond donors (Lipinski definition) is 4. The van der Waals surface area contributed by atoms with Crippen LogP contribution < -0.4 is 10.6 Å². The van der Waals surface area contributed by atoms with E-state index in [1.54, 1.807) is 26.0 Å². The van der Waals surface area contributed by atoms with E-state index in [-0.39, 0.29) is 29.8 Å². The number of halogens is 2. The number of rotatable bonds is 9. The first-order chi connectivity index (χ1) is 14.7. The van der Waals surface area contributed by atoms with E-state index >= 15 is 0 Å². The molecule has 0 aromatic carbocycles. The Balaban J connectivity index is 2.22. The molecule has 0 aliphatic rings. The van der Waals surface area contributed by atoms with Crippen LogP contribution in [0.1, 0.15) is 51.7 Å². The first-order valence-electron chi connectivity index (χ1n) is 9.34. The first-order valence-corrected chi connectivity index (χ1v) is 10.5. The van der Waals surface area contributed by atoms with Gasteiger partial charge in [-0.25, -0.2) is 9.37 Å². The Labute approximate surface area is 188 Å². The molecule has 0 spiro atoms. The second-order valence-corrected chi connectivity index (χ2v) is 8.22. The number of carbonyl (C=O) groups excluding carboxylic acids is 2. The second kappa shape index (κ2) is 11.0. The van der Waals surface area contributed by atoms with Gasteiger partial charge in [-0.2, -0.15) is 0 Å². The third kappa shape index (κ3) is 6.61. The normalized spacial score (nSPS) is 13.4. The Morgan fingerprint density at radius 3 is 2.65 bits per heavy atom. The molecule has 31 heavy (non-hydrogen) atoms. The summed E-state index contributed by atoms with van der Waals surface area (Å²) in [5, 5.41) is 15.4. The van der Waals surface area contributed by atoms with Crippen LogP contribution >= 0.6 is 22.9 Å². The van der Waals surface area contributed by atoms with Crippen LogP contribution in [-0.2, 0) is 11.4 Å². The minimum Gasteiger partial charge on any atom is -0.391 e. The van der Waals surface area contributed by atoms with Gasteiger partial charge in [-0.1, -0.05) is 18.2 Å². The summed E-state index contributed by atoms with van der Waals surface area (Å²) >= 11 is 6.98. The highest BCUT2D eigenvalue weighted by Crippen LogP contribution is 2.24. The summed E-state index contributed by atoms with van der Waals surface area (Å²) in [4.78, 5) is 32.2. The number of aromatic amines is 1. The maximum absolute atomic E-state index is 13.9. The summed E-state index contributed by atoms with van der Waals surface area (Å²) in [5.41, 5.74) is 2.00. The van der Waals surface area contributed by atoms with Gasteiger partial charge in [-0.15, -0.1) is 11.3 Å². The predicted octanol–water partition coefficient (Wildman–Crippen LogP) is 3.89. The minimum atomic E-state index is -0.635. The first kappa shape index (κ1) is 24.5. The van der Waals surface area contributed by atoms with Crippen LogP contribution in [-0.4, -0.2) is 33.4 Å². The Morgan fingerprint density at radius 2 is 2.06 bits per heavy atom. The minimum absolute atomic E-state index is 0.106. The van der Waals surface area contributed by atoms with Crippen molar-refractivity contribution < 1.29 is 19.1 Å². The van der Waals surface area contributed by atoms with Gasteiger partial charge < -0.3 is 20.7 Å². The van der Waals surface area contributed by atoms with E-state index in [9.17, 15) is 19.1 Å². The van der Waals surface area contributed by atoms with Gasteiger partial charge in [0, 0.05) is 19.2 Å². The lowest BCUT2D eigenvalue weighted by Crippen LogP contribution is -2.37. The average molecular weight is 467 g/mol. The third-order valence-electron chi connectivity index (χ3n) is 4.32. The summed E-state index contributed by atoms with van der Waals surface area (Å²) in [6, 6.07) is 2.63. The number of hydrogen-bond acceptors (Lipinski definition) is 5. The summed E-state index contributed by atoms with van der Waals surface area (Å²) in [7, 11) is 0. The zero-order valence-corrected chi connectivity index (χ0v) is 19.0. The lowest BCUT2D eigenvalue weighted by Gasteiger charge is -2.16. The predicted molar refractivity (Wildman–Crippen MR) is 120 cm³/mol. The van der Waals surface area contributed by atoms with Gasteiger partial charge in [0.2, 0.25) is 5.91 Å². The van der Waals surface area contributed by atoms with Crippen LogP contribution in [0.3, 0.4) is 0 Å². The number of aliphatic hydroxyl groups excluding tert-OH is 1. The molecule has 0 aliphatic heterocycles. The molecular weight excluding hydrogens is 443 g/mol. The van der Waals surface area contributed by atoms with Crippen molar-refractivity contribution in [2.45, 2.75) is 33.4 Å². The average Bonchev–Trinajstić information content (AvgIpc) is 3.37. The van der Waals surface area contributed by atoms with E-state index < -0.39 is 17.8 Å². The Bertz CT molecular complexity index is 1040. The van der Waals surface area contributed by atoms with E-state index in [2.05, 4.69) is 27.2 Å². The Morgan fingerprint density at radius 1 is 1.39 bits per heavy atom. The molecule has 2 rings (SSSR count). The number of H-pyrrole nitrogens is 1. The summed E-state index contributed by atoms with van der Waals surface area (Å²) < 4.78 is 13.9. The zero-order valence-electron chi connectivity index (χ0n) is 17.4. The highest BCUT2D eigenvalue weighted by molar-refractivity contribution is 7.11. The maximum Gasteiger partial charge on any atom is 0.268 e. The number of aromatic nitrogens is 2. The van der Waals surface area contributed by atoms with E-state index in [0.29, 0.717) is 26.8 Å². The van der Waals surface area contributed by atoms with Crippen molar-refractivity contribution in [1.29, 1.82) is 0 Å². The maximum atomic E-state index is 13.9. The van der Waals surface area contributed by atoms with Crippen molar-refractivity contribution in [3.05, 3.63) is 68.7 Å². The highest BCUT2D eigenvalue weighted by Gasteiger charge is 2.22. The summed E-state index contributed by atoms with van der Waals surface area (Å²) in [6.07, 6.45) is 2.44. The van der Waals surface area contributed by atoms with E-state index in [1.165, 1.54) is 30.4 Å². The lowest BCUT2D eigenvalue weighted by atomic mass is 10.2. The van der Waals surface area contributed by atoms with Crippen LogP contribution in [0, 0.1) is 6.92 Å². The molecule has 2 heterocycles. The molecule has 2 aromatic rings. The van der Waals surface area contributed by atoms with E-state index in [0.717, 1.165) is 0 Å². The van der Waals surface area contributed by atoms with Gasteiger partial charge in [0.25, 0.3) is 5.91 Å². The number of aryl methyl sites for hydroxylation is 1. The fraction of sp³-hybridized carbons (Fsp3) is 0.286. The van der Waals surface area contributed by atoms with Gasteiger partial charge in [0.05, 0.1) is 28.3 Å². The zero-order chi connectivity index (χ0) is 23.1. The highest BCUT2D eigenvalue weighted by atomic mass is 35.5. The van der Waals surface area contributed by atoms with Crippen molar-refractivity contribution >= 4 is 40.3 Å². The monoisotopic (exact) mass is 466 g/mol. The van der Waals surface area contributed by atoms with Crippen molar-refractivity contribution in [3.8, 4) is 0 Å². The topological polar surface area (TPSA) is 107 Å². The van der Waals surface area contributed by atoms with E-state index in [1.807, 2.05) is 0 Å². The van der Waals surface area contributed by atoms with E-state index in [4.69, 9.17) is 11.6 Å². The molecule has 1 atom stereocenters. The molecule has 0 saturated carbocycles. The van der Waals surface area contributed by atoms with Gasteiger partial charge >= 0.3 is 0 Å². The third-order valence-corrected chi connectivity index (χ3v) is 5.91. The molecule has 2 amide bonds. The number of thiazole rings is 1. The lowest BCUT2D eigenvalue weighted by molar-refractivity contribution is -0.119. The van der Waals surface area contributed by atoms with Crippen LogP contribution in [0.15, 0.2) is 41.7 Å². The Hall–Kier alpha value is -2.75. The fourth-order valence-corrected chi connectivity index (χ4v) is 3.65. The molecule has 0 aliphatic carbocycles. The molecular formula is C21H24ClFN4O3S. The molecule has 10 heteroatoms. The van der Waals surface area contributed by atoms with Crippen molar-refractivity contribution in [2.75, 3.05) is 6.54 Å². The second-order valence-electron chi connectivity index (χ2n) is 6.69. The number of carbonyl (C=O) groups is 2. The van der Waals surface area contributed by atoms with Crippen LogP contribution in [0.25, 0.3) is 5.57 Å². The summed E-state index contributed by atoms with van der Waals surface area (Å²) in [5.74, 6) is -1.30. The van der Waals surface area contributed by atoms with Gasteiger partial charge in [0.1, 0.15) is 16.5 Å². The Kier molecular flexibility index (Phi) is 8.73. The molecule has 0 bridgehead atoms. The molecule has 1 unspecified atom stereocenters. The standard InChI is InChI=1S/C21H24ClFN4O3S/c1-5-14(22)15(23)8-11(2)16-6-7-17(26-16)20(30)27-18(9-24-13(4)29)21-25-12(3)19(10-28)31-21/h5-8,18,26,28H,1,9-10H2,2-4H3,(H,24,29)(H,27,30)/b11-8+,15-14-. The van der Waals surface area contributed by atoms with Gasteiger partial charge in [-0.05, 0) is 43.7 Å². The van der Waals surface area contributed by atoms with Crippen molar-refractivity contribution in [1.82, 2.24) is 20.6 Å². The SMILES string of the molecule is C=C/C(Cl)=C(F)\C=C(/C)c1ccc(C(=O)NC(CNC(C)=O)c2nc(C)c(CO)s2)[nH]1. The van der Waals surface area contributed by atoms with Gasteiger partial charge in [-0.3, -0.25) is 9.59 Å². The molecule has 4 N–H and O–H groups in total. The number of nitrogens with zero attached hydrogens (tertiary/aromatic N) is 1. The van der Waals surface area contributed by atoms with Crippen LogP contribution in [0.5, 0.6) is 0 Å². The quantitative estimate of drug-likeness (QED) is 0.420. The summed E-state index contributed by atoms with van der Waals surface area (Å²) in [6.45, 7) is 8.22. The molecule has 166 valence electrons. The molecule has 0 saturated heterocycles. The number of aliphatic hydroxyl groups is 1. The van der Waals surface area contributed by atoms with Crippen LogP contribution in [0.2, 0.25) is 0 Å². The number of nitrogens with one attached hydrogen (secondary N) is 3. The smallest absolute Gasteiger partial charge is 0.268 e. The largest absolute Gasteiger partial charge is 0.391 e. The number of allylic oxidation sites excluding steroid dienone is 5. The van der Waals surface area contributed by atoms with Crippen molar-refractivity contribution in [2.24, 2.45) is 0 Å². The molecule has 0 radical (unpaired) electrons. The van der Waals surface area contributed by atoms with Gasteiger partial charge in [0.15, 0.2) is 0 Å². The number of amides is 2. The fourth-order valence-electron chi connectivity index (χ4n) is 2.62. The molecule has 0 fully saturated rings.